The topological polar surface area (TPSA) is 63.5 Å². The predicted molar refractivity (Wildman–Crippen MR) is 125 cm³/mol. The molecule has 1 fully saturated rings. The van der Waals surface area contributed by atoms with E-state index in [-0.39, 0.29) is 5.91 Å². The number of nitrogens with zero attached hydrogens (tertiary/aromatic N) is 5. The fourth-order valence-corrected chi connectivity index (χ4v) is 4.97. The molecule has 0 spiro atoms. The third-order valence-electron chi connectivity index (χ3n) is 6.68. The lowest BCUT2D eigenvalue weighted by Gasteiger charge is -2.33. The SMILES string of the molecule is Cc1cc(C)cc(OCCN(C)C(=O)CN2CCCC(c3nnc4n3CCCCC4)C2)c1. The van der Waals surface area contributed by atoms with Gasteiger partial charge >= 0.3 is 0 Å². The van der Waals surface area contributed by atoms with E-state index in [0.717, 1.165) is 56.3 Å². The Morgan fingerprint density at radius 2 is 1.91 bits per heavy atom. The lowest BCUT2D eigenvalue weighted by atomic mass is 9.97. The van der Waals surface area contributed by atoms with Crippen molar-refractivity contribution in [3.05, 3.63) is 41.0 Å². The van der Waals surface area contributed by atoms with Crippen molar-refractivity contribution in [2.24, 2.45) is 0 Å². The third-order valence-corrected chi connectivity index (χ3v) is 6.68. The van der Waals surface area contributed by atoms with E-state index in [4.69, 9.17) is 4.74 Å². The normalized spacial score (nSPS) is 19.3. The summed E-state index contributed by atoms with van der Waals surface area (Å²) in [4.78, 5) is 16.9. The summed E-state index contributed by atoms with van der Waals surface area (Å²) >= 11 is 0. The summed E-state index contributed by atoms with van der Waals surface area (Å²) in [5, 5.41) is 9.05. The lowest BCUT2D eigenvalue weighted by Crippen LogP contribution is -2.43. The summed E-state index contributed by atoms with van der Waals surface area (Å²) < 4.78 is 8.24. The molecule has 4 rings (SSSR count). The van der Waals surface area contributed by atoms with Crippen LogP contribution in [0.3, 0.4) is 0 Å². The quantitative estimate of drug-likeness (QED) is 0.662. The average molecular weight is 440 g/mol. The number of amides is 1. The van der Waals surface area contributed by atoms with Gasteiger partial charge in [0.25, 0.3) is 0 Å². The Labute approximate surface area is 191 Å². The fraction of sp³-hybridized carbons (Fsp3) is 0.640. The molecule has 2 aliphatic heterocycles. The molecule has 0 N–H and O–H groups in total. The van der Waals surface area contributed by atoms with Crippen LogP contribution < -0.4 is 4.74 Å². The molecular formula is C25H37N5O2. The molecule has 7 heteroatoms. The van der Waals surface area contributed by atoms with Crippen LogP contribution in [0.2, 0.25) is 0 Å². The maximum Gasteiger partial charge on any atom is 0.236 e. The van der Waals surface area contributed by atoms with Gasteiger partial charge in [0, 0.05) is 32.5 Å². The second-order valence-electron chi connectivity index (χ2n) is 9.50. The highest BCUT2D eigenvalue weighted by Crippen LogP contribution is 2.28. The standard InChI is InChI=1S/C25H37N5O2/c1-19-14-20(2)16-22(15-19)32-13-12-28(3)24(31)18-29-10-7-8-21(17-29)25-27-26-23-9-5-4-6-11-30(23)25/h14-16,21H,4-13,17-18H2,1-3H3. The van der Waals surface area contributed by atoms with Gasteiger partial charge in [0.15, 0.2) is 0 Å². The number of piperidine rings is 1. The smallest absolute Gasteiger partial charge is 0.236 e. The molecule has 0 aliphatic carbocycles. The van der Waals surface area contributed by atoms with Crippen LogP contribution in [0, 0.1) is 13.8 Å². The van der Waals surface area contributed by atoms with Crippen molar-refractivity contribution in [1.29, 1.82) is 0 Å². The van der Waals surface area contributed by atoms with E-state index in [1.165, 1.54) is 30.4 Å². The minimum Gasteiger partial charge on any atom is -0.492 e. The maximum atomic E-state index is 12.8. The molecular weight excluding hydrogens is 402 g/mol. The Bertz CT molecular complexity index is 905. The van der Waals surface area contributed by atoms with E-state index in [0.29, 0.717) is 25.6 Å². The number of hydrogen-bond donors (Lipinski definition) is 0. The summed E-state index contributed by atoms with van der Waals surface area (Å²) in [6.45, 7) is 8.57. The van der Waals surface area contributed by atoms with E-state index in [9.17, 15) is 4.79 Å². The van der Waals surface area contributed by atoms with Crippen molar-refractivity contribution in [2.45, 2.75) is 64.8 Å². The van der Waals surface area contributed by atoms with Gasteiger partial charge in [-0.05, 0) is 69.3 Å². The molecule has 1 unspecified atom stereocenters. The zero-order valence-electron chi connectivity index (χ0n) is 19.8. The van der Waals surface area contributed by atoms with Gasteiger partial charge in [0.2, 0.25) is 5.91 Å². The van der Waals surface area contributed by atoms with Crippen molar-refractivity contribution in [3.63, 3.8) is 0 Å². The van der Waals surface area contributed by atoms with E-state index < -0.39 is 0 Å². The molecule has 0 bridgehead atoms. The van der Waals surface area contributed by atoms with Gasteiger partial charge in [0.05, 0.1) is 13.1 Å². The van der Waals surface area contributed by atoms with Gasteiger partial charge in [-0.15, -0.1) is 10.2 Å². The molecule has 1 amide bonds. The first-order chi connectivity index (χ1) is 15.5. The van der Waals surface area contributed by atoms with E-state index in [1.54, 1.807) is 4.90 Å². The molecule has 2 aromatic rings. The van der Waals surface area contributed by atoms with Gasteiger partial charge in [-0.1, -0.05) is 12.5 Å². The van der Waals surface area contributed by atoms with Crippen molar-refractivity contribution >= 4 is 5.91 Å². The van der Waals surface area contributed by atoms with Crippen LogP contribution >= 0.6 is 0 Å². The van der Waals surface area contributed by atoms with Gasteiger partial charge in [-0.2, -0.15) is 0 Å². The molecule has 0 radical (unpaired) electrons. The second-order valence-corrected chi connectivity index (χ2v) is 9.50. The summed E-state index contributed by atoms with van der Waals surface area (Å²) in [6, 6.07) is 6.20. The monoisotopic (exact) mass is 439 g/mol. The Morgan fingerprint density at radius 1 is 1.09 bits per heavy atom. The molecule has 3 heterocycles. The van der Waals surface area contributed by atoms with E-state index in [2.05, 4.69) is 39.6 Å². The Kier molecular flexibility index (Phi) is 7.45. The minimum absolute atomic E-state index is 0.148. The minimum atomic E-state index is 0.148. The van der Waals surface area contributed by atoms with Crippen molar-refractivity contribution < 1.29 is 9.53 Å². The van der Waals surface area contributed by atoms with E-state index in [1.807, 2.05) is 19.2 Å². The Balaban J connectivity index is 1.27. The van der Waals surface area contributed by atoms with Crippen LogP contribution in [0.4, 0.5) is 0 Å². The van der Waals surface area contributed by atoms with Crippen molar-refractivity contribution in [2.75, 3.05) is 39.8 Å². The summed E-state index contributed by atoms with van der Waals surface area (Å²) in [5.41, 5.74) is 2.38. The fourth-order valence-electron chi connectivity index (χ4n) is 4.97. The van der Waals surface area contributed by atoms with Crippen LogP contribution in [-0.2, 0) is 17.8 Å². The van der Waals surface area contributed by atoms with Crippen molar-refractivity contribution in [1.82, 2.24) is 24.6 Å². The van der Waals surface area contributed by atoms with Gasteiger partial charge in [0.1, 0.15) is 24.0 Å². The largest absolute Gasteiger partial charge is 0.492 e. The van der Waals surface area contributed by atoms with Crippen molar-refractivity contribution in [3.8, 4) is 5.75 Å². The summed E-state index contributed by atoms with van der Waals surface area (Å²) in [7, 11) is 1.87. The van der Waals surface area contributed by atoms with Crippen LogP contribution in [0.5, 0.6) is 5.75 Å². The molecule has 1 saturated heterocycles. The first kappa shape index (κ1) is 22.8. The first-order valence-electron chi connectivity index (χ1n) is 12.1. The number of benzene rings is 1. The lowest BCUT2D eigenvalue weighted by molar-refractivity contribution is -0.131. The van der Waals surface area contributed by atoms with Crippen LogP contribution in [0.25, 0.3) is 0 Å². The molecule has 7 nitrogen and oxygen atoms in total. The first-order valence-corrected chi connectivity index (χ1v) is 12.1. The van der Waals surface area contributed by atoms with Gasteiger partial charge in [-0.25, -0.2) is 0 Å². The Hall–Kier alpha value is -2.41. The number of likely N-dealkylation sites (tertiary alicyclic amines) is 1. The molecule has 174 valence electrons. The summed E-state index contributed by atoms with van der Waals surface area (Å²) in [6.07, 6.45) is 6.96. The van der Waals surface area contributed by atoms with Crippen LogP contribution in [0.1, 0.15) is 60.8 Å². The number of carbonyl (C=O) groups excluding carboxylic acids is 1. The highest BCUT2D eigenvalue weighted by molar-refractivity contribution is 5.78. The second kappa shape index (κ2) is 10.5. The predicted octanol–water partition coefficient (Wildman–Crippen LogP) is 3.34. The highest BCUT2D eigenvalue weighted by atomic mass is 16.5. The Morgan fingerprint density at radius 3 is 2.72 bits per heavy atom. The van der Waals surface area contributed by atoms with E-state index >= 15 is 0 Å². The van der Waals surface area contributed by atoms with Gasteiger partial charge < -0.3 is 14.2 Å². The molecule has 2 aliphatic rings. The molecule has 32 heavy (non-hydrogen) atoms. The third kappa shape index (κ3) is 5.68. The number of carbonyl (C=O) groups is 1. The number of likely N-dealkylation sites (N-methyl/N-ethyl adjacent to an activating group) is 1. The zero-order chi connectivity index (χ0) is 22.5. The molecule has 1 aromatic carbocycles. The number of rotatable bonds is 7. The zero-order valence-corrected chi connectivity index (χ0v) is 19.8. The van der Waals surface area contributed by atoms with Gasteiger partial charge in [-0.3, -0.25) is 9.69 Å². The number of ether oxygens (including phenoxy) is 1. The number of aryl methyl sites for hydroxylation is 3. The van der Waals surface area contributed by atoms with Crippen LogP contribution in [-0.4, -0.2) is 70.3 Å². The molecule has 1 atom stereocenters. The average Bonchev–Trinajstić information content (AvgIpc) is 3.01. The maximum absolute atomic E-state index is 12.8. The molecule has 1 aromatic heterocycles. The molecule has 0 saturated carbocycles. The summed E-state index contributed by atoms with van der Waals surface area (Å²) in [5.74, 6) is 3.67. The van der Waals surface area contributed by atoms with Crippen LogP contribution in [0.15, 0.2) is 18.2 Å². The number of hydrogen-bond acceptors (Lipinski definition) is 5. The number of aromatic nitrogens is 3. The number of fused-ring (bicyclic) bond motifs is 1. The highest BCUT2D eigenvalue weighted by Gasteiger charge is 2.28.